The number of ether oxygens (including phenoxy) is 2. The highest BCUT2D eigenvalue weighted by Gasteiger charge is 2.32. The van der Waals surface area contributed by atoms with Gasteiger partial charge in [-0.3, -0.25) is 9.58 Å². The first-order chi connectivity index (χ1) is 11.1. The van der Waals surface area contributed by atoms with Gasteiger partial charge in [-0.2, -0.15) is 5.10 Å². The molecule has 0 saturated carbocycles. The second kappa shape index (κ2) is 6.70. The highest BCUT2D eigenvalue weighted by atomic mass is 16.6. The Kier molecular flexibility index (Phi) is 5.05. The van der Waals surface area contributed by atoms with Gasteiger partial charge in [0.05, 0.1) is 43.8 Å². The van der Waals surface area contributed by atoms with Crippen molar-refractivity contribution in [1.82, 2.24) is 14.7 Å². The first-order valence-electron chi connectivity index (χ1n) is 8.01. The Morgan fingerprint density at radius 3 is 2.67 bits per heavy atom. The zero-order chi connectivity index (χ0) is 18.1. The minimum atomic E-state index is -0.547. The minimum Gasteiger partial charge on any atom is -0.467 e. The Balaban J connectivity index is 2.16. The lowest BCUT2D eigenvalue weighted by molar-refractivity contribution is -0.141. The van der Waals surface area contributed by atoms with Gasteiger partial charge in [0, 0.05) is 0 Å². The summed E-state index contributed by atoms with van der Waals surface area (Å²) in [5.41, 5.74) is 1.01. The van der Waals surface area contributed by atoms with Crippen LogP contribution in [0.4, 0.5) is 10.5 Å². The number of amides is 1. The number of hydrogen-bond donors (Lipinski definition) is 1. The molecule has 8 heteroatoms. The molecule has 0 radical (unpaired) electrons. The fraction of sp³-hybridized carbons (Fsp3) is 0.688. The van der Waals surface area contributed by atoms with E-state index in [9.17, 15) is 9.59 Å². The van der Waals surface area contributed by atoms with E-state index in [2.05, 4.69) is 10.4 Å². The van der Waals surface area contributed by atoms with Crippen molar-refractivity contribution in [2.75, 3.05) is 12.4 Å². The van der Waals surface area contributed by atoms with Gasteiger partial charge in [-0.05, 0) is 34.6 Å². The van der Waals surface area contributed by atoms with Crippen molar-refractivity contribution >= 4 is 17.7 Å². The first kappa shape index (κ1) is 18.1. The second-order valence-electron chi connectivity index (χ2n) is 7.03. The Bertz CT molecular complexity index is 620. The molecule has 0 saturated heterocycles. The monoisotopic (exact) mass is 338 g/mol. The maximum atomic E-state index is 12.4. The molecule has 134 valence electrons. The number of rotatable bonds is 3. The van der Waals surface area contributed by atoms with E-state index in [0.717, 1.165) is 5.69 Å². The lowest BCUT2D eigenvalue weighted by Crippen LogP contribution is -2.47. The van der Waals surface area contributed by atoms with Crippen LogP contribution >= 0.6 is 0 Å². The van der Waals surface area contributed by atoms with E-state index < -0.39 is 11.6 Å². The Labute approximate surface area is 142 Å². The number of aromatic nitrogens is 2. The third-order valence-electron chi connectivity index (χ3n) is 3.79. The van der Waals surface area contributed by atoms with Crippen molar-refractivity contribution in [1.29, 1.82) is 0 Å². The molecular weight excluding hydrogens is 312 g/mol. The van der Waals surface area contributed by atoms with Crippen molar-refractivity contribution in [3.05, 3.63) is 11.9 Å². The van der Waals surface area contributed by atoms with E-state index in [4.69, 9.17) is 9.47 Å². The highest BCUT2D eigenvalue weighted by molar-refractivity contribution is 5.79. The highest BCUT2D eigenvalue weighted by Crippen LogP contribution is 2.26. The van der Waals surface area contributed by atoms with Crippen molar-refractivity contribution in [3.8, 4) is 0 Å². The maximum absolute atomic E-state index is 12.4. The van der Waals surface area contributed by atoms with Gasteiger partial charge < -0.3 is 14.8 Å². The lowest BCUT2D eigenvalue weighted by Gasteiger charge is -2.35. The Hall–Kier alpha value is -2.25. The molecule has 0 aromatic carbocycles. The summed E-state index contributed by atoms with van der Waals surface area (Å²) in [6, 6.07) is -0.531. The van der Waals surface area contributed by atoms with Crippen LogP contribution in [-0.2, 0) is 27.4 Å². The van der Waals surface area contributed by atoms with Gasteiger partial charge in [0.1, 0.15) is 11.6 Å². The van der Waals surface area contributed by atoms with Gasteiger partial charge in [0.25, 0.3) is 0 Å². The molecule has 2 rings (SSSR count). The van der Waals surface area contributed by atoms with Gasteiger partial charge in [-0.25, -0.2) is 9.59 Å². The van der Waals surface area contributed by atoms with Crippen LogP contribution in [0.3, 0.4) is 0 Å². The molecule has 24 heavy (non-hydrogen) atoms. The molecule has 0 spiro atoms. The molecule has 0 unspecified atom stereocenters. The molecule has 2 atom stereocenters. The molecule has 1 aliphatic rings. The number of methoxy groups -OCH3 is 1. The van der Waals surface area contributed by atoms with E-state index in [1.807, 2.05) is 32.4 Å². The maximum Gasteiger partial charge on any atom is 0.410 e. The van der Waals surface area contributed by atoms with Crippen molar-refractivity contribution < 1.29 is 19.1 Å². The number of carbonyl (C=O) groups is 2. The average molecular weight is 338 g/mol. The quantitative estimate of drug-likeness (QED) is 0.849. The number of anilines is 1. The largest absolute Gasteiger partial charge is 0.467 e. The van der Waals surface area contributed by atoms with E-state index in [-0.39, 0.29) is 18.1 Å². The van der Waals surface area contributed by atoms with Crippen LogP contribution in [0.1, 0.15) is 40.3 Å². The Morgan fingerprint density at radius 2 is 2.08 bits per heavy atom. The molecule has 1 aromatic rings. The molecular formula is C16H26N4O4. The topological polar surface area (TPSA) is 85.7 Å². The van der Waals surface area contributed by atoms with Gasteiger partial charge in [0.2, 0.25) is 0 Å². The van der Waals surface area contributed by atoms with Crippen molar-refractivity contribution in [3.63, 3.8) is 0 Å². The summed E-state index contributed by atoms with van der Waals surface area (Å²) in [5.74, 6) is -0.358. The summed E-state index contributed by atoms with van der Waals surface area (Å²) in [5, 5.41) is 7.42. The number of fused-ring (bicyclic) bond motifs is 1. The summed E-state index contributed by atoms with van der Waals surface area (Å²) >= 11 is 0. The molecule has 1 amide bonds. The fourth-order valence-electron chi connectivity index (χ4n) is 2.56. The summed E-state index contributed by atoms with van der Waals surface area (Å²) in [6.07, 6.45) is 1.31. The molecule has 1 aliphatic heterocycles. The number of nitrogens with one attached hydrogen (secondary N) is 1. The number of esters is 1. The van der Waals surface area contributed by atoms with Gasteiger partial charge >= 0.3 is 12.1 Å². The molecule has 2 heterocycles. The van der Waals surface area contributed by atoms with Gasteiger partial charge in [0.15, 0.2) is 0 Å². The SMILES string of the molecule is COC(=O)[C@H](C)Nc1cnn2c1CN(C(=O)OC(C)(C)C)[C@@H](C)C2. The molecule has 0 aliphatic carbocycles. The van der Waals surface area contributed by atoms with Crippen molar-refractivity contribution in [2.45, 2.75) is 65.4 Å². The Morgan fingerprint density at radius 1 is 1.42 bits per heavy atom. The fourth-order valence-corrected chi connectivity index (χ4v) is 2.56. The van der Waals surface area contributed by atoms with Crippen LogP contribution in [0.25, 0.3) is 0 Å². The van der Waals surface area contributed by atoms with Crippen LogP contribution < -0.4 is 5.32 Å². The van der Waals surface area contributed by atoms with Crippen molar-refractivity contribution in [2.24, 2.45) is 0 Å². The minimum absolute atomic E-state index is 0.0295. The van der Waals surface area contributed by atoms with Gasteiger partial charge in [-0.1, -0.05) is 0 Å². The lowest BCUT2D eigenvalue weighted by atomic mass is 10.2. The van der Waals surface area contributed by atoms with E-state index in [0.29, 0.717) is 18.8 Å². The average Bonchev–Trinajstić information content (AvgIpc) is 2.85. The standard InChI is InChI=1S/C16H26N4O4/c1-10-8-20-13(9-19(10)15(22)24-16(3,4)5)12(7-17-20)18-11(2)14(21)23-6/h7,10-11,18H,8-9H2,1-6H3/t10-,11-/m0/s1. The molecule has 1 N–H and O–H groups in total. The number of nitrogens with zero attached hydrogens (tertiary/aromatic N) is 3. The molecule has 0 fully saturated rings. The van der Waals surface area contributed by atoms with Crippen LogP contribution in [0.2, 0.25) is 0 Å². The van der Waals surface area contributed by atoms with E-state index in [1.54, 1.807) is 18.0 Å². The normalized spacial score (nSPS) is 18.6. The molecule has 1 aromatic heterocycles. The van der Waals surface area contributed by atoms with Crippen LogP contribution in [0.15, 0.2) is 6.20 Å². The van der Waals surface area contributed by atoms with Gasteiger partial charge in [-0.15, -0.1) is 0 Å². The summed E-state index contributed by atoms with van der Waals surface area (Å²) in [4.78, 5) is 25.7. The zero-order valence-electron chi connectivity index (χ0n) is 15.1. The third-order valence-corrected chi connectivity index (χ3v) is 3.79. The summed E-state index contributed by atoms with van der Waals surface area (Å²) in [6.45, 7) is 10.1. The predicted molar refractivity (Wildman–Crippen MR) is 88.6 cm³/mol. The zero-order valence-corrected chi connectivity index (χ0v) is 15.1. The number of hydrogen-bond acceptors (Lipinski definition) is 6. The van der Waals surface area contributed by atoms with E-state index in [1.165, 1.54) is 7.11 Å². The molecule has 8 nitrogen and oxygen atoms in total. The second-order valence-corrected chi connectivity index (χ2v) is 7.03. The third kappa shape index (κ3) is 3.98. The summed E-state index contributed by atoms with van der Waals surface area (Å²) in [7, 11) is 1.35. The van der Waals surface area contributed by atoms with E-state index >= 15 is 0 Å². The summed E-state index contributed by atoms with van der Waals surface area (Å²) < 4.78 is 12.0. The van der Waals surface area contributed by atoms with Crippen LogP contribution in [-0.4, -0.2) is 51.5 Å². The first-order valence-corrected chi connectivity index (χ1v) is 8.01. The van der Waals surface area contributed by atoms with Crippen LogP contribution in [0, 0.1) is 0 Å². The number of carbonyl (C=O) groups excluding carboxylic acids is 2. The van der Waals surface area contributed by atoms with Crippen LogP contribution in [0.5, 0.6) is 0 Å². The predicted octanol–water partition coefficient (Wildman–Crippen LogP) is 2.00. The smallest absolute Gasteiger partial charge is 0.410 e. The molecule has 0 bridgehead atoms.